The van der Waals surface area contributed by atoms with Crippen molar-refractivity contribution in [1.29, 1.82) is 5.26 Å². The van der Waals surface area contributed by atoms with Crippen molar-refractivity contribution in [2.24, 2.45) is 0 Å². The van der Waals surface area contributed by atoms with Crippen LogP contribution in [0.15, 0.2) is 27.2 Å². The normalized spacial score (nSPS) is 15.1. The number of hydrogen-bond donors (Lipinski definition) is 1. The summed E-state index contributed by atoms with van der Waals surface area (Å²) in [6, 6.07) is 5.23. The zero-order valence-electron chi connectivity index (χ0n) is 17.7. The third-order valence-corrected chi connectivity index (χ3v) is 7.21. The molecule has 166 valence electrons. The number of thiocarbonyl (C=S) groups is 1. The van der Waals surface area contributed by atoms with Crippen LogP contribution in [0.25, 0.3) is 6.08 Å². The molecule has 0 radical (unpaired) electrons. The van der Waals surface area contributed by atoms with E-state index in [1.54, 1.807) is 19.9 Å². The molecule has 1 aliphatic heterocycles. The highest BCUT2D eigenvalue weighted by atomic mass is 32.2. The number of carbonyl (C=O) groups is 2. The molecule has 32 heavy (non-hydrogen) atoms. The summed E-state index contributed by atoms with van der Waals surface area (Å²) in [7, 11) is 0. The van der Waals surface area contributed by atoms with Gasteiger partial charge in [0.1, 0.15) is 16.0 Å². The zero-order chi connectivity index (χ0) is 23.6. The Hall–Kier alpha value is -2.74. The highest BCUT2D eigenvalue weighted by molar-refractivity contribution is 8.26. The van der Waals surface area contributed by atoms with Crippen LogP contribution in [0.4, 0.5) is 0 Å². The molecule has 1 fully saturated rings. The Kier molecular flexibility index (Phi) is 7.33. The quantitative estimate of drug-likeness (QED) is 0.354. The van der Waals surface area contributed by atoms with E-state index in [9.17, 15) is 24.8 Å². The summed E-state index contributed by atoms with van der Waals surface area (Å²) >= 11 is 8.08. The van der Waals surface area contributed by atoms with Gasteiger partial charge in [-0.25, -0.2) is 0 Å². The van der Waals surface area contributed by atoms with Gasteiger partial charge in [-0.1, -0.05) is 30.0 Å². The van der Waals surface area contributed by atoms with Crippen molar-refractivity contribution in [3.63, 3.8) is 0 Å². The van der Waals surface area contributed by atoms with Gasteiger partial charge in [0.2, 0.25) is 5.88 Å². The van der Waals surface area contributed by atoms with E-state index in [0.29, 0.717) is 15.6 Å². The fourth-order valence-electron chi connectivity index (χ4n) is 3.45. The highest BCUT2D eigenvalue weighted by Gasteiger charge is 2.32. The molecule has 10 heteroatoms. The Morgan fingerprint density at radius 2 is 2.09 bits per heavy atom. The van der Waals surface area contributed by atoms with Crippen molar-refractivity contribution in [2.75, 3.05) is 6.54 Å². The molecule has 0 bridgehead atoms. The predicted octanol–water partition coefficient (Wildman–Crippen LogP) is 4.24. The number of ketones is 1. The molecule has 0 aromatic carbocycles. The lowest BCUT2D eigenvalue weighted by molar-refractivity contribution is -0.122. The summed E-state index contributed by atoms with van der Waals surface area (Å²) in [6.45, 7) is 5.11. The Bertz CT molecular complexity index is 1220. The Labute approximate surface area is 199 Å². The molecular formula is C22H21N3O4S3. The summed E-state index contributed by atoms with van der Waals surface area (Å²) < 4.78 is 1.49. The number of pyridine rings is 1. The number of rotatable bonds is 7. The van der Waals surface area contributed by atoms with Crippen molar-refractivity contribution in [3.05, 3.63) is 54.3 Å². The van der Waals surface area contributed by atoms with Gasteiger partial charge < -0.3 is 5.11 Å². The lowest BCUT2D eigenvalue weighted by atomic mass is 9.98. The number of carbonyl (C=O) groups excluding carboxylic acids is 2. The van der Waals surface area contributed by atoms with E-state index in [0.717, 1.165) is 9.44 Å². The molecule has 7 nitrogen and oxygen atoms in total. The third-order valence-electron chi connectivity index (χ3n) is 5.02. The van der Waals surface area contributed by atoms with Gasteiger partial charge in [-0.3, -0.25) is 23.9 Å². The van der Waals surface area contributed by atoms with E-state index in [1.807, 2.05) is 23.6 Å². The fourth-order valence-corrected chi connectivity index (χ4v) is 5.48. The molecule has 1 aliphatic rings. The molecule has 3 heterocycles. The Morgan fingerprint density at radius 3 is 2.69 bits per heavy atom. The highest BCUT2D eigenvalue weighted by Crippen LogP contribution is 2.33. The number of aromatic nitrogens is 1. The molecule has 0 unspecified atom stereocenters. The van der Waals surface area contributed by atoms with Gasteiger partial charge in [0.25, 0.3) is 11.5 Å². The Morgan fingerprint density at radius 1 is 1.38 bits per heavy atom. The van der Waals surface area contributed by atoms with Crippen molar-refractivity contribution >= 4 is 57.4 Å². The largest absolute Gasteiger partial charge is 0.494 e. The average molecular weight is 488 g/mol. The van der Waals surface area contributed by atoms with E-state index in [-0.39, 0.29) is 35.6 Å². The van der Waals surface area contributed by atoms with E-state index in [2.05, 4.69) is 0 Å². The first-order valence-corrected chi connectivity index (χ1v) is 12.0. The molecule has 3 rings (SSSR count). The van der Waals surface area contributed by atoms with Crippen molar-refractivity contribution in [2.45, 2.75) is 39.7 Å². The van der Waals surface area contributed by atoms with Gasteiger partial charge >= 0.3 is 0 Å². The van der Waals surface area contributed by atoms with E-state index >= 15 is 0 Å². The number of thioether (sulfide) groups is 1. The summed E-state index contributed by atoms with van der Waals surface area (Å²) in [5, 5.41) is 21.9. The molecule has 2 aromatic rings. The lowest BCUT2D eigenvalue weighted by Gasteiger charge is -2.18. The van der Waals surface area contributed by atoms with Crippen LogP contribution in [0.3, 0.4) is 0 Å². The number of amides is 1. The second-order valence-corrected chi connectivity index (χ2v) is 10.1. The average Bonchev–Trinajstić information content (AvgIpc) is 3.31. The molecule has 0 aliphatic carbocycles. The second-order valence-electron chi connectivity index (χ2n) is 7.45. The van der Waals surface area contributed by atoms with Crippen LogP contribution in [0.1, 0.15) is 59.1 Å². The first kappa shape index (κ1) is 23.9. The second kappa shape index (κ2) is 9.81. The molecule has 1 amide bonds. The molecule has 1 saturated heterocycles. The van der Waals surface area contributed by atoms with Gasteiger partial charge in [-0.05, 0) is 50.3 Å². The lowest BCUT2D eigenvalue weighted by Crippen LogP contribution is -2.30. The van der Waals surface area contributed by atoms with Gasteiger partial charge in [-0.2, -0.15) is 5.26 Å². The van der Waals surface area contributed by atoms with Gasteiger partial charge in [-0.15, -0.1) is 11.3 Å². The number of hydrogen-bond acceptors (Lipinski definition) is 8. The van der Waals surface area contributed by atoms with Crippen LogP contribution in [0.2, 0.25) is 0 Å². The summed E-state index contributed by atoms with van der Waals surface area (Å²) in [5.41, 5.74) is -0.640. The van der Waals surface area contributed by atoms with E-state index in [4.69, 9.17) is 12.2 Å². The minimum Gasteiger partial charge on any atom is -0.494 e. The zero-order valence-corrected chi connectivity index (χ0v) is 20.2. The number of nitrogens with zero attached hydrogens (tertiary/aromatic N) is 3. The van der Waals surface area contributed by atoms with Crippen LogP contribution < -0.4 is 5.56 Å². The topological polar surface area (TPSA) is 103 Å². The molecule has 0 spiro atoms. The SMILES string of the molecule is Cc1c(C(=O)CCCN2C(=O)/C(=C/c3cccs3)SC2=S)c(O)n(C(C)C)c(=O)c1C#N. The number of thiophene rings is 1. The van der Waals surface area contributed by atoms with Crippen LogP contribution in [-0.2, 0) is 4.79 Å². The maximum absolute atomic E-state index is 12.9. The van der Waals surface area contributed by atoms with Crippen molar-refractivity contribution < 1.29 is 14.7 Å². The fraction of sp³-hybridized carbons (Fsp3) is 0.318. The molecule has 0 atom stereocenters. The number of Topliss-reactive ketones (excluding diaryl/α,β-unsaturated/α-hetero) is 1. The number of nitriles is 1. The van der Waals surface area contributed by atoms with Gasteiger partial charge in [0.05, 0.1) is 10.5 Å². The summed E-state index contributed by atoms with van der Waals surface area (Å²) in [4.78, 5) is 41.0. The monoisotopic (exact) mass is 487 g/mol. The number of aromatic hydroxyl groups is 1. The molecule has 2 aromatic heterocycles. The van der Waals surface area contributed by atoms with Gasteiger partial charge in [0.15, 0.2) is 5.78 Å². The first-order valence-electron chi connectivity index (χ1n) is 9.87. The van der Waals surface area contributed by atoms with Crippen LogP contribution in [0.5, 0.6) is 5.88 Å². The smallest absolute Gasteiger partial charge is 0.271 e. The maximum atomic E-state index is 12.9. The van der Waals surface area contributed by atoms with E-state index in [1.165, 1.54) is 34.9 Å². The van der Waals surface area contributed by atoms with E-state index < -0.39 is 23.3 Å². The van der Waals surface area contributed by atoms with Crippen LogP contribution in [-0.4, -0.2) is 37.1 Å². The third kappa shape index (κ3) is 4.55. The predicted molar refractivity (Wildman–Crippen MR) is 130 cm³/mol. The van der Waals surface area contributed by atoms with Crippen LogP contribution in [0, 0.1) is 18.3 Å². The van der Waals surface area contributed by atoms with Gasteiger partial charge in [0, 0.05) is 23.9 Å². The standard InChI is InChI=1S/C22H21N3O4S3/c1-12(2)25-19(27)15(11-23)13(3)18(21(25)29)16(26)7-4-8-24-20(28)17(32-22(24)30)10-14-6-5-9-31-14/h5-6,9-10,12,29H,4,7-8H2,1-3H3/b17-10-. The summed E-state index contributed by atoms with van der Waals surface area (Å²) in [6.07, 6.45) is 2.14. The molecule has 0 saturated carbocycles. The summed E-state index contributed by atoms with van der Waals surface area (Å²) in [5.74, 6) is -1.03. The minimum absolute atomic E-state index is 0.0244. The molecular weight excluding hydrogens is 466 g/mol. The first-order chi connectivity index (χ1) is 15.2. The van der Waals surface area contributed by atoms with Crippen LogP contribution >= 0.6 is 35.3 Å². The maximum Gasteiger partial charge on any atom is 0.271 e. The van der Waals surface area contributed by atoms with Crippen molar-refractivity contribution in [3.8, 4) is 11.9 Å². The Balaban J connectivity index is 1.75. The molecule has 1 N–H and O–H groups in total. The van der Waals surface area contributed by atoms with Crippen molar-refractivity contribution in [1.82, 2.24) is 9.47 Å². The minimum atomic E-state index is -0.621.